The van der Waals surface area contributed by atoms with E-state index in [1.165, 1.54) is 0 Å². The van der Waals surface area contributed by atoms with Gasteiger partial charge in [-0.2, -0.15) is 13.2 Å². The van der Waals surface area contributed by atoms with Crippen molar-refractivity contribution in [2.75, 3.05) is 12.8 Å². The van der Waals surface area contributed by atoms with Crippen LogP contribution in [0.5, 0.6) is 0 Å². The van der Waals surface area contributed by atoms with Crippen LogP contribution in [0.3, 0.4) is 0 Å². The van der Waals surface area contributed by atoms with Crippen molar-refractivity contribution >= 4 is 25.1 Å². The third-order valence-corrected chi connectivity index (χ3v) is 1.77. The number of nitrogen functional groups attached to an aromatic ring is 1. The molecule has 2 radical (unpaired) electrons. The van der Waals surface area contributed by atoms with Crippen LogP contribution in [0.25, 0.3) is 0 Å². The number of methoxy groups -OCH3 is 1. The number of nitrogens with two attached hydrogens (primary N) is 1. The smallest absolute Gasteiger partial charge is 0.417 e. The van der Waals surface area contributed by atoms with E-state index >= 15 is 0 Å². The Balaban J connectivity index is 3.33. The summed E-state index contributed by atoms with van der Waals surface area (Å²) in [6.45, 7) is 0. The zero-order valence-corrected chi connectivity index (χ0v) is 8.13. The number of rotatable bonds is 1. The van der Waals surface area contributed by atoms with Crippen molar-refractivity contribution in [2.45, 2.75) is 6.18 Å². The highest BCUT2D eigenvalue weighted by Gasteiger charge is 2.34. The zero-order chi connectivity index (χ0) is 12.5. The van der Waals surface area contributed by atoms with Crippen molar-refractivity contribution in [3.63, 3.8) is 0 Å². The van der Waals surface area contributed by atoms with Crippen LogP contribution in [0.1, 0.15) is 16.1 Å². The van der Waals surface area contributed by atoms with E-state index in [0.717, 1.165) is 7.11 Å². The van der Waals surface area contributed by atoms with Crippen molar-refractivity contribution in [3.05, 3.63) is 17.3 Å². The largest absolute Gasteiger partial charge is 0.464 e. The number of hydrogen-bond acceptors (Lipinski definition) is 4. The van der Waals surface area contributed by atoms with E-state index < -0.39 is 34.7 Å². The van der Waals surface area contributed by atoms with E-state index in [9.17, 15) is 18.0 Å². The first-order valence-corrected chi connectivity index (χ1v) is 3.99. The molecule has 0 saturated heterocycles. The highest BCUT2D eigenvalue weighted by atomic mass is 19.4. The molecule has 0 aliphatic rings. The number of anilines is 1. The van der Waals surface area contributed by atoms with Gasteiger partial charge in [0.05, 0.1) is 18.4 Å². The molecule has 1 rings (SSSR count). The maximum Gasteiger partial charge on any atom is 0.417 e. The molecule has 16 heavy (non-hydrogen) atoms. The van der Waals surface area contributed by atoms with Crippen LogP contribution < -0.4 is 11.3 Å². The van der Waals surface area contributed by atoms with Gasteiger partial charge in [-0.15, -0.1) is 0 Å². The number of pyridine rings is 1. The Bertz CT molecular complexity index is 434. The number of carbonyl (C=O) groups excluding carboxylic acids is 1. The number of carbonyl (C=O) groups is 1. The molecule has 1 aromatic heterocycles. The van der Waals surface area contributed by atoms with E-state index in [0.29, 0.717) is 6.07 Å². The average Bonchev–Trinajstić information content (AvgIpc) is 2.18. The van der Waals surface area contributed by atoms with Gasteiger partial charge in [0.25, 0.3) is 0 Å². The maximum absolute atomic E-state index is 12.4. The topological polar surface area (TPSA) is 65.2 Å². The Morgan fingerprint density at radius 1 is 1.56 bits per heavy atom. The van der Waals surface area contributed by atoms with Crippen LogP contribution in [0.15, 0.2) is 6.07 Å². The van der Waals surface area contributed by atoms with Crippen LogP contribution in [0.4, 0.5) is 18.9 Å². The maximum atomic E-state index is 12.4. The lowest BCUT2D eigenvalue weighted by Gasteiger charge is -2.12. The number of hydrogen-bond donors (Lipinski definition) is 1. The Kier molecular flexibility index (Phi) is 3.11. The van der Waals surface area contributed by atoms with Gasteiger partial charge in [0.2, 0.25) is 0 Å². The summed E-state index contributed by atoms with van der Waals surface area (Å²) in [5.41, 5.74) is 2.37. The Labute approximate surface area is 90.0 Å². The van der Waals surface area contributed by atoms with Crippen molar-refractivity contribution in [1.29, 1.82) is 0 Å². The summed E-state index contributed by atoms with van der Waals surface area (Å²) in [7, 11) is 6.13. The second kappa shape index (κ2) is 4.03. The highest BCUT2D eigenvalue weighted by molar-refractivity contribution is 6.32. The third-order valence-electron chi connectivity index (χ3n) is 1.77. The van der Waals surface area contributed by atoms with Crippen molar-refractivity contribution in [2.24, 2.45) is 0 Å². The predicted octanol–water partition coefficient (Wildman–Crippen LogP) is 0.263. The van der Waals surface area contributed by atoms with Crippen molar-refractivity contribution < 1.29 is 22.7 Å². The van der Waals surface area contributed by atoms with E-state index in [-0.39, 0.29) is 0 Å². The van der Waals surface area contributed by atoms with Gasteiger partial charge in [0.15, 0.2) is 5.69 Å². The van der Waals surface area contributed by atoms with E-state index in [4.69, 9.17) is 13.6 Å². The molecule has 0 fully saturated rings. The van der Waals surface area contributed by atoms with Gasteiger partial charge >= 0.3 is 12.1 Å². The molecule has 84 valence electrons. The molecule has 1 heterocycles. The average molecular weight is 230 g/mol. The normalized spacial score (nSPS) is 11.2. The molecule has 0 bridgehead atoms. The Morgan fingerprint density at radius 3 is 2.56 bits per heavy atom. The predicted molar refractivity (Wildman–Crippen MR) is 50.4 cm³/mol. The molecule has 0 atom stereocenters. The van der Waals surface area contributed by atoms with Gasteiger partial charge in [-0.3, -0.25) is 4.98 Å². The van der Waals surface area contributed by atoms with Gasteiger partial charge < -0.3 is 10.5 Å². The number of alkyl halides is 3. The summed E-state index contributed by atoms with van der Waals surface area (Å²) in [6, 6.07) is 0.550. The zero-order valence-electron chi connectivity index (χ0n) is 8.13. The molecule has 1 aromatic rings. The molecule has 0 saturated carbocycles. The van der Waals surface area contributed by atoms with Gasteiger partial charge in [0, 0.05) is 5.59 Å². The first-order valence-electron chi connectivity index (χ1n) is 3.99. The van der Waals surface area contributed by atoms with E-state index in [2.05, 4.69) is 9.72 Å². The first-order chi connectivity index (χ1) is 7.27. The summed E-state index contributed by atoms with van der Waals surface area (Å²) in [6.07, 6.45) is -4.67. The lowest BCUT2D eigenvalue weighted by Crippen LogP contribution is -2.26. The van der Waals surface area contributed by atoms with Crippen LogP contribution in [-0.4, -0.2) is 25.9 Å². The summed E-state index contributed by atoms with van der Waals surface area (Å²) in [4.78, 5) is 14.3. The SMILES string of the molecule is [B]c1nc(C(=O)OC)c(N)cc1C(F)(F)F. The molecule has 0 aliphatic heterocycles. The summed E-state index contributed by atoms with van der Waals surface area (Å²) >= 11 is 0. The molecule has 0 aromatic carbocycles. The van der Waals surface area contributed by atoms with Gasteiger partial charge in [-0.25, -0.2) is 4.79 Å². The summed E-state index contributed by atoms with van der Waals surface area (Å²) in [5.74, 6) is -0.946. The monoisotopic (exact) mass is 230 g/mol. The minimum absolute atomic E-state index is 0.437. The standard InChI is InChI=1S/C8H6BF3N2O2/c1-16-7(15)5-4(13)2-3(6(9)14-5)8(10,11)12/h2H,13H2,1H3. The molecule has 0 aliphatic carbocycles. The molecule has 4 nitrogen and oxygen atoms in total. The fourth-order valence-electron chi connectivity index (χ4n) is 1.03. The van der Waals surface area contributed by atoms with Crippen LogP contribution in [0.2, 0.25) is 0 Å². The second-order valence-electron chi connectivity index (χ2n) is 2.85. The number of esters is 1. The Morgan fingerprint density at radius 2 is 2.12 bits per heavy atom. The van der Waals surface area contributed by atoms with Crippen LogP contribution in [0, 0.1) is 0 Å². The molecular formula is C8H6BF3N2O2. The lowest BCUT2D eigenvalue weighted by molar-refractivity contribution is -0.136. The van der Waals surface area contributed by atoms with Gasteiger partial charge in [-0.1, -0.05) is 0 Å². The molecule has 0 amide bonds. The van der Waals surface area contributed by atoms with E-state index in [1.807, 2.05) is 0 Å². The van der Waals surface area contributed by atoms with E-state index in [1.54, 1.807) is 0 Å². The van der Waals surface area contributed by atoms with Crippen molar-refractivity contribution in [3.8, 4) is 0 Å². The number of halogens is 3. The number of aromatic nitrogens is 1. The lowest BCUT2D eigenvalue weighted by atomic mass is 9.96. The fraction of sp³-hybridized carbons (Fsp3) is 0.250. The summed E-state index contributed by atoms with van der Waals surface area (Å²) in [5, 5.41) is 0. The van der Waals surface area contributed by atoms with Gasteiger partial charge in [-0.05, 0) is 6.07 Å². The Hall–Kier alpha value is -1.73. The molecule has 0 spiro atoms. The summed E-state index contributed by atoms with van der Waals surface area (Å²) < 4.78 is 41.3. The fourth-order valence-corrected chi connectivity index (χ4v) is 1.03. The minimum atomic E-state index is -4.67. The van der Waals surface area contributed by atoms with Gasteiger partial charge in [0.1, 0.15) is 7.85 Å². The van der Waals surface area contributed by atoms with Crippen LogP contribution in [-0.2, 0) is 10.9 Å². The molecular weight excluding hydrogens is 224 g/mol. The quantitative estimate of drug-likeness (QED) is 0.555. The third kappa shape index (κ3) is 2.26. The molecule has 2 N–H and O–H groups in total. The molecule has 0 unspecified atom stereocenters. The highest BCUT2D eigenvalue weighted by Crippen LogP contribution is 2.29. The first kappa shape index (κ1) is 12.3. The second-order valence-corrected chi connectivity index (χ2v) is 2.85. The number of ether oxygens (including phenoxy) is 1. The van der Waals surface area contributed by atoms with Crippen LogP contribution >= 0.6 is 0 Å². The van der Waals surface area contributed by atoms with Crippen molar-refractivity contribution in [1.82, 2.24) is 4.98 Å². The molecule has 8 heteroatoms. The number of nitrogens with zero attached hydrogens (tertiary/aromatic N) is 1. The minimum Gasteiger partial charge on any atom is -0.464 e.